The van der Waals surface area contributed by atoms with E-state index in [1.807, 2.05) is 35.2 Å². The monoisotopic (exact) mass is 308 g/mol. The number of anilines is 2. The molecule has 1 heterocycles. The van der Waals surface area contributed by atoms with Gasteiger partial charge in [0.15, 0.2) is 0 Å². The van der Waals surface area contributed by atoms with E-state index in [9.17, 15) is 9.59 Å². The molecule has 0 aliphatic carbocycles. The van der Waals surface area contributed by atoms with Gasteiger partial charge in [0.1, 0.15) is 0 Å². The van der Waals surface area contributed by atoms with Gasteiger partial charge in [-0.3, -0.25) is 9.59 Å². The Labute approximate surface area is 135 Å². The summed E-state index contributed by atoms with van der Waals surface area (Å²) in [6.07, 6.45) is 2.01. The van der Waals surface area contributed by atoms with E-state index < -0.39 is 0 Å². The molecule has 1 N–H and O–H groups in total. The number of unbranched alkanes of at least 4 members (excludes halogenated alkanes) is 1. The van der Waals surface area contributed by atoms with Crippen molar-refractivity contribution >= 4 is 34.0 Å². The van der Waals surface area contributed by atoms with Gasteiger partial charge in [0.2, 0.25) is 0 Å². The largest absolute Gasteiger partial charge is 0.322 e. The molecule has 2 amide bonds. The Kier molecular flexibility index (Phi) is 3.90. The van der Waals surface area contributed by atoms with Crippen molar-refractivity contribution in [1.29, 1.82) is 0 Å². The zero-order valence-corrected chi connectivity index (χ0v) is 13.5. The highest BCUT2D eigenvalue weighted by Gasteiger charge is 2.30. The molecule has 0 unspecified atom stereocenters. The summed E-state index contributed by atoms with van der Waals surface area (Å²) in [5.74, 6) is -0.166. The maximum absolute atomic E-state index is 12.6. The van der Waals surface area contributed by atoms with Gasteiger partial charge in [-0.1, -0.05) is 32.1 Å². The number of carbonyl (C=O) groups is 2. The van der Waals surface area contributed by atoms with E-state index in [-0.39, 0.29) is 11.8 Å². The van der Waals surface area contributed by atoms with Crippen LogP contribution in [0.1, 0.15) is 37.0 Å². The van der Waals surface area contributed by atoms with Crippen molar-refractivity contribution in [2.45, 2.75) is 26.7 Å². The zero-order valence-electron chi connectivity index (χ0n) is 13.5. The molecule has 3 rings (SSSR count). The molecular formula is C19H20N2O2. The lowest BCUT2D eigenvalue weighted by atomic mass is 10.0. The fourth-order valence-corrected chi connectivity index (χ4v) is 2.92. The van der Waals surface area contributed by atoms with Crippen LogP contribution in [0, 0.1) is 0 Å². The maximum Gasteiger partial charge on any atom is 0.258 e. The van der Waals surface area contributed by atoms with E-state index in [1.165, 1.54) is 0 Å². The highest BCUT2D eigenvalue weighted by molar-refractivity contribution is 6.27. The maximum atomic E-state index is 12.6. The van der Waals surface area contributed by atoms with Gasteiger partial charge >= 0.3 is 0 Å². The average molecular weight is 308 g/mol. The van der Waals surface area contributed by atoms with Gasteiger partial charge in [-0.2, -0.15) is 0 Å². The summed E-state index contributed by atoms with van der Waals surface area (Å²) >= 11 is 0. The second-order valence-corrected chi connectivity index (χ2v) is 5.91. The molecule has 2 aromatic rings. The first kappa shape index (κ1) is 15.3. The molecule has 4 nitrogen and oxygen atoms in total. The van der Waals surface area contributed by atoms with Crippen LogP contribution in [-0.2, 0) is 4.79 Å². The van der Waals surface area contributed by atoms with Crippen LogP contribution in [-0.4, -0.2) is 18.4 Å². The number of hydrogen-bond acceptors (Lipinski definition) is 2. The molecule has 0 atom stereocenters. The second-order valence-electron chi connectivity index (χ2n) is 5.91. The Morgan fingerprint density at radius 3 is 2.74 bits per heavy atom. The third kappa shape index (κ3) is 2.50. The smallest absolute Gasteiger partial charge is 0.258 e. The van der Waals surface area contributed by atoms with Crippen LogP contribution >= 0.6 is 0 Å². The summed E-state index contributed by atoms with van der Waals surface area (Å²) in [5.41, 5.74) is 2.81. The van der Waals surface area contributed by atoms with E-state index in [2.05, 4.69) is 18.8 Å². The van der Waals surface area contributed by atoms with E-state index in [1.54, 1.807) is 6.92 Å². The minimum Gasteiger partial charge on any atom is -0.322 e. The Hall–Kier alpha value is -2.62. The summed E-state index contributed by atoms with van der Waals surface area (Å²) in [6, 6.07) is 9.43. The summed E-state index contributed by atoms with van der Waals surface area (Å²) in [6.45, 7) is 8.16. The number of nitrogens with one attached hydrogen (secondary N) is 1. The van der Waals surface area contributed by atoms with Crippen LogP contribution in [0.3, 0.4) is 0 Å². The molecule has 1 aliphatic rings. The van der Waals surface area contributed by atoms with Crippen LogP contribution in [0.25, 0.3) is 10.8 Å². The molecule has 4 heteroatoms. The number of carbonyl (C=O) groups excluding carboxylic acids is 2. The molecule has 118 valence electrons. The molecule has 2 aromatic carbocycles. The first-order chi connectivity index (χ1) is 11.0. The quantitative estimate of drug-likeness (QED) is 0.845. The third-order valence-electron chi connectivity index (χ3n) is 4.16. The molecule has 1 aliphatic heterocycles. The highest BCUT2D eigenvalue weighted by Crippen LogP contribution is 2.40. The number of amides is 2. The van der Waals surface area contributed by atoms with Crippen LogP contribution in [0.2, 0.25) is 0 Å². The number of benzene rings is 2. The Balaban J connectivity index is 2.10. The van der Waals surface area contributed by atoms with E-state index in [0.29, 0.717) is 16.8 Å². The minimum atomic E-state index is -0.210. The molecule has 0 spiro atoms. The van der Waals surface area contributed by atoms with Crippen molar-refractivity contribution in [1.82, 2.24) is 0 Å². The fraction of sp³-hybridized carbons (Fsp3) is 0.263. The summed E-state index contributed by atoms with van der Waals surface area (Å²) in [5, 5.41) is 4.69. The van der Waals surface area contributed by atoms with Crippen molar-refractivity contribution in [3.8, 4) is 0 Å². The average Bonchev–Trinajstić information content (AvgIpc) is 2.81. The number of hydrogen-bond donors (Lipinski definition) is 1. The molecule has 0 saturated carbocycles. The normalized spacial score (nSPS) is 12.8. The van der Waals surface area contributed by atoms with Crippen molar-refractivity contribution < 1.29 is 9.59 Å². The first-order valence-corrected chi connectivity index (χ1v) is 7.89. The van der Waals surface area contributed by atoms with Crippen molar-refractivity contribution in [3.63, 3.8) is 0 Å². The zero-order chi connectivity index (χ0) is 16.6. The number of nitrogens with zero attached hydrogens (tertiary/aromatic N) is 1. The topological polar surface area (TPSA) is 49.4 Å². The lowest BCUT2D eigenvalue weighted by molar-refractivity contribution is -0.112. The molecule has 0 aromatic heterocycles. The van der Waals surface area contributed by atoms with Gasteiger partial charge in [-0.15, -0.1) is 0 Å². The van der Waals surface area contributed by atoms with Gasteiger partial charge in [-0.25, -0.2) is 0 Å². The SMILES string of the molecule is C=C(C)C(=O)Nc1ccc2c3c(cccc13)C(=O)N2CCCC. The van der Waals surface area contributed by atoms with Crippen molar-refractivity contribution in [2.75, 3.05) is 16.8 Å². The number of rotatable bonds is 5. The molecular weight excluding hydrogens is 288 g/mol. The molecule has 0 bridgehead atoms. The van der Waals surface area contributed by atoms with Crippen LogP contribution in [0.15, 0.2) is 42.5 Å². The van der Waals surface area contributed by atoms with E-state index >= 15 is 0 Å². The van der Waals surface area contributed by atoms with Crippen LogP contribution in [0.5, 0.6) is 0 Å². The molecule has 0 saturated heterocycles. The lowest BCUT2D eigenvalue weighted by Gasteiger charge is -2.17. The summed E-state index contributed by atoms with van der Waals surface area (Å²) < 4.78 is 0. The van der Waals surface area contributed by atoms with Crippen molar-refractivity contribution in [2.24, 2.45) is 0 Å². The molecule has 0 fully saturated rings. The van der Waals surface area contributed by atoms with E-state index in [0.717, 1.165) is 35.8 Å². The highest BCUT2D eigenvalue weighted by atomic mass is 16.2. The van der Waals surface area contributed by atoms with Gasteiger partial charge < -0.3 is 10.2 Å². The second kappa shape index (κ2) is 5.88. The minimum absolute atomic E-state index is 0.0439. The lowest BCUT2D eigenvalue weighted by Crippen LogP contribution is -2.27. The third-order valence-corrected chi connectivity index (χ3v) is 4.16. The van der Waals surface area contributed by atoms with Gasteiger partial charge in [0.25, 0.3) is 11.8 Å². The standard InChI is InChI=1S/C19H20N2O2/c1-4-5-11-21-16-10-9-15(20-18(22)12(2)3)13-7-6-8-14(17(13)16)19(21)23/h6-10H,2,4-5,11H2,1,3H3,(H,20,22). The molecule has 23 heavy (non-hydrogen) atoms. The first-order valence-electron chi connectivity index (χ1n) is 7.89. The molecule has 0 radical (unpaired) electrons. The van der Waals surface area contributed by atoms with Crippen LogP contribution < -0.4 is 10.2 Å². The van der Waals surface area contributed by atoms with E-state index in [4.69, 9.17) is 0 Å². The van der Waals surface area contributed by atoms with Gasteiger partial charge in [0, 0.05) is 34.1 Å². The van der Waals surface area contributed by atoms with Crippen LogP contribution in [0.4, 0.5) is 11.4 Å². The van der Waals surface area contributed by atoms with Gasteiger partial charge in [0.05, 0.1) is 5.69 Å². The van der Waals surface area contributed by atoms with Crippen molar-refractivity contribution in [3.05, 3.63) is 48.0 Å². The Morgan fingerprint density at radius 2 is 2.04 bits per heavy atom. The Bertz CT molecular complexity index is 823. The fourth-order valence-electron chi connectivity index (χ4n) is 2.92. The summed E-state index contributed by atoms with van der Waals surface area (Å²) in [4.78, 5) is 26.4. The summed E-state index contributed by atoms with van der Waals surface area (Å²) in [7, 11) is 0. The Morgan fingerprint density at radius 1 is 1.26 bits per heavy atom. The predicted molar refractivity (Wildman–Crippen MR) is 94.0 cm³/mol. The van der Waals surface area contributed by atoms with Gasteiger partial charge in [-0.05, 0) is 31.5 Å². The predicted octanol–water partition coefficient (Wildman–Crippen LogP) is 4.11.